The highest BCUT2D eigenvalue weighted by Gasteiger charge is 2.40. The fraction of sp³-hybridized carbons (Fsp3) is 0.391. The highest BCUT2D eigenvalue weighted by Crippen LogP contribution is 2.36. The van der Waals surface area contributed by atoms with E-state index in [-0.39, 0.29) is 17.4 Å². The molecule has 31 heavy (non-hydrogen) atoms. The summed E-state index contributed by atoms with van der Waals surface area (Å²) >= 11 is 3.36. The van der Waals surface area contributed by atoms with E-state index in [0.717, 1.165) is 22.7 Å². The molecule has 0 bridgehead atoms. The van der Waals surface area contributed by atoms with Crippen molar-refractivity contribution in [3.8, 4) is 5.88 Å². The zero-order valence-corrected chi connectivity index (χ0v) is 19.5. The molecule has 7 nitrogen and oxygen atoms in total. The number of fused-ring (bicyclic) bond motifs is 1. The van der Waals surface area contributed by atoms with Gasteiger partial charge in [-0.15, -0.1) is 0 Å². The van der Waals surface area contributed by atoms with Crippen LogP contribution in [0.15, 0.2) is 47.2 Å². The lowest BCUT2D eigenvalue weighted by Gasteiger charge is -2.46. The molecule has 1 aliphatic heterocycles. The Morgan fingerprint density at radius 2 is 2.03 bits per heavy atom. The molecular formula is C23H26BrN5O2. The molecule has 2 aromatic heterocycles. The van der Waals surface area contributed by atoms with Gasteiger partial charge in [-0.3, -0.25) is 4.79 Å². The van der Waals surface area contributed by atoms with Crippen LogP contribution in [0.3, 0.4) is 0 Å². The van der Waals surface area contributed by atoms with Crippen molar-refractivity contribution >= 4 is 38.7 Å². The van der Waals surface area contributed by atoms with Gasteiger partial charge in [-0.1, -0.05) is 26.0 Å². The van der Waals surface area contributed by atoms with E-state index in [1.54, 1.807) is 19.5 Å². The van der Waals surface area contributed by atoms with Crippen LogP contribution in [0.2, 0.25) is 0 Å². The number of hydrogen-bond donors (Lipinski definition) is 1. The fourth-order valence-electron chi connectivity index (χ4n) is 4.24. The number of carbonyl (C=O) groups excluding carboxylic acids is 1. The van der Waals surface area contributed by atoms with Crippen LogP contribution in [0.5, 0.6) is 5.88 Å². The van der Waals surface area contributed by atoms with Crippen LogP contribution in [0.25, 0.3) is 10.9 Å². The van der Waals surface area contributed by atoms with E-state index < -0.39 is 0 Å². The maximum atomic E-state index is 13.7. The molecule has 1 unspecified atom stereocenters. The van der Waals surface area contributed by atoms with Crippen molar-refractivity contribution in [2.24, 2.45) is 5.41 Å². The summed E-state index contributed by atoms with van der Waals surface area (Å²) in [6.45, 7) is 5.70. The summed E-state index contributed by atoms with van der Waals surface area (Å²) in [7, 11) is 1.58. The van der Waals surface area contributed by atoms with E-state index in [1.165, 1.54) is 0 Å². The second-order valence-corrected chi connectivity index (χ2v) is 9.36. The minimum atomic E-state index is -0.0496. The number of ether oxygens (including phenoxy) is 1. The zero-order valence-electron chi connectivity index (χ0n) is 17.9. The molecule has 1 aliphatic rings. The molecule has 1 aromatic carbocycles. The molecule has 1 N–H and O–H groups in total. The minimum absolute atomic E-state index is 0.0114. The Bertz CT molecular complexity index is 1090. The topological polar surface area (TPSA) is 80.2 Å². The lowest BCUT2D eigenvalue weighted by molar-refractivity contribution is 0.0321. The van der Waals surface area contributed by atoms with Gasteiger partial charge in [0.25, 0.3) is 5.91 Å². The van der Waals surface area contributed by atoms with Gasteiger partial charge >= 0.3 is 0 Å². The summed E-state index contributed by atoms with van der Waals surface area (Å²) < 4.78 is 6.12. The molecule has 0 spiro atoms. The molecule has 0 saturated carbocycles. The Morgan fingerprint density at radius 1 is 1.26 bits per heavy atom. The van der Waals surface area contributed by atoms with E-state index in [0.29, 0.717) is 36.0 Å². The van der Waals surface area contributed by atoms with E-state index >= 15 is 0 Å². The number of halogens is 1. The number of anilines is 1. The van der Waals surface area contributed by atoms with E-state index in [2.05, 4.69) is 50.0 Å². The summed E-state index contributed by atoms with van der Waals surface area (Å²) in [5, 5.41) is 4.23. The number of nitrogens with zero attached hydrogens (tertiary/aromatic N) is 4. The van der Waals surface area contributed by atoms with Crippen molar-refractivity contribution < 1.29 is 9.53 Å². The quantitative estimate of drug-likeness (QED) is 0.573. The van der Waals surface area contributed by atoms with Crippen molar-refractivity contribution in [2.45, 2.75) is 32.7 Å². The normalized spacial score (nSPS) is 18.1. The van der Waals surface area contributed by atoms with Gasteiger partial charge in [0.15, 0.2) is 0 Å². The third-order valence-corrected chi connectivity index (χ3v) is 6.38. The Hall–Kier alpha value is -2.74. The predicted octanol–water partition coefficient (Wildman–Crippen LogP) is 4.54. The minimum Gasteiger partial charge on any atom is -0.481 e. The van der Waals surface area contributed by atoms with Gasteiger partial charge in [0, 0.05) is 36.9 Å². The zero-order chi connectivity index (χ0) is 22.0. The fourth-order valence-corrected chi connectivity index (χ4v) is 4.45. The summed E-state index contributed by atoms with van der Waals surface area (Å²) in [6.07, 6.45) is 5.43. The number of rotatable bonds is 5. The largest absolute Gasteiger partial charge is 0.481 e. The number of nitrogens with one attached hydrogen (secondary N) is 1. The number of benzene rings is 1. The molecule has 3 aromatic rings. The van der Waals surface area contributed by atoms with E-state index in [9.17, 15) is 4.79 Å². The lowest BCUT2D eigenvalue weighted by atomic mass is 9.76. The Morgan fingerprint density at radius 3 is 2.77 bits per heavy atom. The standard InChI is InChI=1S/C23H26BrN5O2/c1-23(2)10-5-11-29(18(23)14-27-22-25-12-16(24)13-26-22)21(30)17-7-4-6-15-8-9-19(31-3)28-20(15)17/h4,6-9,12-13,18H,5,10-11,14H2,1-3H3,(H,25,26,27). The number of likely N-dealkylation sites (tertiary alicyclic amines) is 1. The van der Waals surface area contributed by atoms with Crippen LogP contribution in [0.1, 0.15) is 37.0 Å². The molecule has 3 heterocycles. The summed E-state index contributed by atoms with van der Waals surface area (Å²) in [5.41, 5.74) is 1.21. The number of carbonyl (C=O) groups is 1. The third-order valence-electron chi connectivity index (χ3n) is 5.97. The number of hydrogen-bond acceptors (Lipinski definition) is 6. The predicted molar refractivity (Wildman–Crippen MR) is 124 cm³/mol. The first kappa shape index (κ1) is 21.5. The van der Waals surface area contributed by atoms with Crippen molar-refractivity contribution in [2.75, 3.05) is 25.5 Å². The molecule has 1 fully saturated rings. The van der Waals surface area contributed by atoms with Crippen molar-refractivity contribution in [3.05, 3.63) is 52.8 Å². The average molecular weight is 484 g/mol. The first-order valence-electron chi connectivity index (χ1n) is 10.4. The van der Waals surface area contributed by atoms with Crippen LogP contribution in [0.4, 0.5) is 5.95 Å². The average Bonchev–Trinajstić information content (AvgIpc) is 2.77. The summed E-state index contributed by atoms with van der Waals surface area (Å²) in [6, 6.07) is 9.45. The molecule has 8 heteroatoms. The molecule has 0 radical (unpaired) electrons. The van der Waals surface area contributed by atoms with Gasteiger partial charge in [-0.05, 0) is 46.3 Å². The van der Waals surface area contributed by atoms with Crippen LogP contribution >= 0.6 is 15.9 Å². The number of para-hydroxylation sites is 1. The Kier molecular flexibility index (Phi) is 6.09. The van der Waals surface area contributed by atoms with Crippen LogP contribution in [-0.2, 0) is 0 Å². The van der Waals surface area contributed by atoms with Gasteiger partial charge in [0.1, 0.15) is 0 Å². The SMILES string of the molecule is COc1ccc2cccc(C(=O)N3CCCC(C)(C)C3CNc3ncc(Br)cn3)c2n1. The van der Waals surface area contributed by atoms with Crippen LogP contribution < -0.4 is 10.1 Å². The Balaban J connectivity index is 1.65. The molecule has 0 aliphatic carbocycles. The molecular weight excluding hydrogens is 458 g/mol. The van der Waals surface area contributed by atoms with Crippen molar-refractivity contribution in [1.29, 1.82) is 0 Å². The monoisotopic (exact) mass is 483 g/mol. The number of aromatic nitrogens is 3. The lowest BCUT2D eigenvalue weighted by Crippen LogP contribution is -2.55. The number of methoxy groups -OCH3 is 1. The van der Waals surface area contributed by atoms with Crippen molar-refractivity contribution in [1.82, 2.24) is 19.9 Å². The number of piperidine rings is 1. The third kappa shape index (κ3) is 4.49. The summed E-state index contributed by atoms with van der Waals surface area (Å²) in [4.78, 5) is 28.9. The van der Waals surface area contributed by atoms with Gasteiger partial charge in [0.2, 0.25) is 11.8 Å². The van der Waals surface area contributed by atoms with Crippen LogP contribution in [0, 0.1) is 5.41 Å². The smallest absolute Gasteiger partial charge is 0.256 e. The van der Waals surface area contributed by atoms with Crippen LogP contribution in [-0.4, -0.2) is 52.0 Å². The van der Waals surface area contributed by atoms with Gasteiger partial charge < -0.3 is 15.0 Å². The van der Waals surface area contributed by atoms with Gasteiger partial charge in [-0.25, -0.2) is 15.0 Å². The summed E-state index contributed by atoms with van der Waals surface area (Å²) in [5.74, 6) is 1.04. The molecule has 4 rings (SSSR count). The molecule has 1 atom stereocenters. The molecule has 1 saturated heterocycles. The van der Waals surface area contributed by atoms with Gasteiger partial charge in [-0.2, -0.15) is 0 Å². The first-order chi connectivity index (χ1) is 14.9. The van der Waals surface area contributed by atoms with Crippen molar-refractivity contribution in [3.63, 3.8) is 0 Å². The highest BCUT2D eigenvalue weighted by atomic mass is 79.9. The Labute approximate surface area is 190 Å². The molecule has 162 valence electrons. The second-order valence-electron chi connectivity index (χ2n) is 8.44. The maximum absolute atomic E-state index is 13.7. The molecule has 1 amide bonds. The highest BCUT2D eigenvalue weighted by molar-refractivity contribution is 9.10. The number of pyridine rings is 1. The van der Waals surface area contributed by atoms with Gasteiger partial charge in [0.05, 0.1) is 28.7 Å². The number of amides is 1. The first-order valence-corrected chi connectivity index (χ1v) is 11.1. The van der Waals surface area contributed by atoms with E-state index in [4.69, 9.17) is 4.74 Å². The second kappa shape index (κ2) is 8.78. The van der Waals surface area contributed by atoms with E-state index in [1.807, 2.05) is 35.2 Å². The maximum Gasteiger partial charge on any atom is 0.256 e.